The first-order valence-corrected chi connectivity index (χ1v) is 8.28. The molecule has 0 amide bonds. The van der Waals surface area contributed by atoms with E-state index < -0.39 is 0 Å². The van der Waals surface area contributed by atoms with Gasteiger partial charge in [-0.05, 0) is 24.1 Å². The summed E-state index contributed by atoms with van der Waals surface area (Å²) in [6.07, 6.45) is 1.53. The highest BCUT2D eigenvalue weighted by Gasteiger charge is 2.14. The van der Waals surface area contributed by atoms with E-state index in [0.29, 0.717) is 6.42 Å². The molecule has 3 rings (SSSR count). The molecule has 6 heteroatoms. The van der Waals surface area contributed by atoms with Gasteiger partial charge in [0.15, 0.2) is 0 Å². The van der Waals surface area contributed by atoms with Crippen molar-refractivity contribution in [2.24, 2.45) is 7.05 Å². The van der Waals surface area contributed by atoms with Gasteiger partial charge in [0.2, 0.25) is 0 Å². The van der Waals surface area contributed by atoms with E-state index in [0.717, 1.165) is 54.8 Å². The number of piperazine rings is 1. The quantitative estimate of drug-likeness (QED) is 0.924. The molecule has 5 nitrogen and oxygen atoms in total. The van der Waals surface area contributed by atoms with E-state index in [4.69, 9.17) is 16.6 Å². The molecule has 0 unspecified atom stereocenters. The largest absolute Gasteiger partial charge is 0.354 e. The van der Waals surface area contributed by atoms with Crippen LogP contribution in [0.5, 0.6) is 0 Å². The minimum atomic E-state index is -0.00498. The molecule has 1 aliphatic heterocycles. The number of hydrogen-bond acceptors (Lipinski definition) is 4. The lowest BCUT2D eigenvalue weighted by Crippen LogP contribution is -2.44. The Morgan fingerprint density at radius 1 is 1.22 bits per heavy atom. The van der Waals surface area contributed by atoms with Gasteiger partial charge in [0.05, 0.1) is 0 Å². The second-order valence-electron chi connectivity index (χ2n) is 5.79. The summed E-state index contributed by atoms with van der Waals surface area (Å²) in [6.45, 7) is 3.62. The Balaban J connectivity index is 1.80. The predicted octanol–water partition coefficient (Wildman–Crippen LogP) is 1.63. The summed E-state index contributed by atoms with van der Waals surface area (Å²) in [5.74, 6) is 1.60. The van der Waals surface area contributed by atoms with E-state index in [1.54, 1.807) is 17.7 Å². The molecular formula is C17H21ClN4O. The van der Waals surface area contributed by atoms with Gasteiger partial charge < -0.3 is 10.2 Å². The molecule has 122 valence electrons. The van der Waals surface area contributed by atoms with E-state index in [1.807, 2.05) is 24.3 Å². The molecule has 1 aliphatic rings. The fourth-order valence-corrected chi connectivity index (χ4v) is 3.02. The molecule has 0 bridgehead atoms. The van der Waals surface area contributed by atoms with Crippen LogP contribution < -0.4 is 15.8 Å². The van der Waals surface area contributed by atoms with Crippen LogP contribution in [0.2, 0.25) is 5.02 Å². The maximum Gasteiger partial charge on any atom is 0.255 e. The smallest absolute Gasteiger partial charge is 0.255 e. The number of hydrogen-bond donors (Lipinski definition) is 1. The van der Waals surface area contributed by atoms with E-state index in [9.17, 15) is 4.79 Å². The highest BCUT2D eigenvalue weighted by atomic mass is 35.5. The maximum absolute atomic E-state index is 12.2. The van der Waals surface area contributed by atoms with Gasteiger partial charge in [0, 0.05) is 50.7 Å². The highest BCUT2D eigenvalue weighted by molar-refractivity contribution is 6.30. The molecule has 2 aromatic rings. The summed E-state index contributed by atoms with van der Waals surface area (Å²) in [6, 6.07) is 9.45. The van der Waals surface area contributed by atoms with Gasteiger partial charge in [-0.15, -0.1) is 0 Å². The molecule has 1 aromatic carbocycles. The van der Waals surface area contributed by atoms with Gasteiger partial charge >= 0.3 is 0 Å². The molecule has 0 spiro atoms. The fourth-order valence-electron chi connectivity index (χ4n) is 2.80. The molecule has 0 aliphatic carbocycles. The first-order chi connectivity index (χ1) is 11.1. The number of aromatic nitrogens is 2. The molecular weight excluding hydrogens is 312 g/mol. The van der Waals surface area contributed by atoms with Crippen molar-refractivity contribution in [3.8, 4) is 0 Å². The summed E-state index contributed by atoms with van der Waals surface area (Å²) in [5.41, 5.74) is 1.15. The molecule has 2 heterocycles. The number of anilines is 1. The third-order valence-corrected chi connectivity index (χ3v) is 4.42. The lowest BCUT2D eigenvalue weighted by Gasteiger charge is -2.28. The predicted molar refractivity (Wildman–Crippen MR) is 93.4 cm³/mol. The van der Waals surface area contributed by atoms with Crippen LogP contribution in [0.3, 0.4) is 0 Å². The van der Waals surface area contributed by atoms with E-state index in [2.05, 4.69) is 10.2 Å². The minimum Gasteiger partial charge on any atom is -0.354 e. The van der Waals surface area contributed by atoms with Crippen molar-refractivity contribution in [3.05, 3.63) is 57.1 Å². The standard InChI is InChI=1S/C17H21ClN4O/c1-21-15(6-5-13-3-2-4-14(18)11-13)20-16(12-17(21)23)22-9-7-19-8-10-22/h2-4,11-12,19H,5-10H2,1H3. The Bertz CT molecular complexity index is 738. The first kappa shape index (κ1) is 16.0. The molecule has 1 N–H and O–H groups in total. The Labute approximate surface area is 140 Å². The van der Waals surface area contributed by atoms with Gasteiger partial charge in [-0.3, -0.25) is 9.36 Å². The van der Waals surface area contributed by atoms with Crippen molar-refractivity contribution < 1.29 is 0 Å². The van der Waals surface area contributed by atoms with Crippen molar-refractivity contribution in [2.75, 3.05) is 31.1 Å². The number of rotatable bonds is 4. The second-order valence-corrected chi connectivity index (χ2v) is 6.23. The summed E-state index contributed by atoms with van der Waals surface area (Å²) in [7, 11) is 1.78. The van der Waals surface area contributed by atoms with Gasteiger partial charge in [0.25, 0.3) is 5.56 Å². The molecule has 0 atom stereocenters. The zero-order valence-electron chi connectivity index (χ0n) is 13.3. The van der Waals surface area contributed by atoms with Gasteiger partial charge in [-0.1, -0.05) is 23.7 Å². The van der Waals surface area contributed by atoms with Gasteiger partial charge in [0.1, 0.15) is 11.6 Å². The van der Waals surface area contributed by atoms with Gasteiger partial charge in [-0.2, -0.15) is 0 Å². The van der Waals surface area contributed by atoms with Crippen molar-refractivity contribution in [1.82, 2.24) is 14.9 Å². The molecule has 1 aromatic heterocycles. The molecule has 0 radical (unpaired) electrons. The van der Waals surface area contributed by atoms with Crippen molar-refractivity contribution in [2.45, 2.75) is 12.8 Å². The van der Waals surface area contributed by atoms with Crippen LogP contribution in [0.4, 0.5) is 5.82 Å². The molecule has 23 heavy (non-hydrogen) atoms. The summed E-state index contributed by atoms with van der Waals surface area (Å²) < 4.78 is 1.64. The van der Waals surface area contributed by atoms with Crippen LogP contribution in [0.15, 0.2) is 35.1 Å². The average molecular weight is 333 g/mol. The number of benzene rings is 1. The maximum atomic E-state index is 12.2. The lowest BCUT2D eigenvalue weighted by atomic mass is 10.1. The number of nitrogens with zero attached hydrogens (tertiary/aromatic N) is 3. The Morgan fingerprint density at radius 3 is 2.74 bits per heavy atom. The normalized spacial score (nSPS) is 15.0. The Kier molecular flexibility index (Phi) is 4.98. The van der Waals surface area contributed by atoms with Crippen LogP contribution in [-0.2, 0) is 19.9 Å². The number of nitrogens with one attached hydrogen (secondary N) is 1. The second kappa shape index (κ2) is 7.15. The monoisotopic (exact) mass is 332 g/mol. The zero-order valence-corrected chi connectivity index (χ0v) is 14.0. The zero-order chi connectivity index (χ0) is 16.2. The minimum absolute atomic E-state index is 0.00498. The molecule has 1 saturated heterocycles. The van der Waals surface area contributed by atoms with Crippen molar-refractivity contribution in [1.29, 1.82) is 0 Å². The van der Waals surface area contributed by atoms with Crippen molar-refractivity contribution in [3.63, 3.8) is 0 Å². The summed E-state index contributed by atoms with van der Waals surface area (Å²) in [5, 5.41) is 4.05. The highest BCUT2D eigenvalue weighted by Crippen LogP contribution is 2.14. The van der Waals surface area contributed by atoms with E-state index in [1.165, 1.54) is 0 Å². The number of halogens is 1. The van der Waals surface area contributed by atoms with Crippen LogP contribution in [-0.4, -0.2) is 35.7 Å². The summed E-state index contributed by atoms with van der Waals surface area (Å²) >= 11 is 6.03. The van der Waals surface area contributed by atoms with Gasteiger partial charge in [-0.25, -0.2) is 4.98 Å². The third kappa shape index (κ3) is 3.92. The average Bonchev–Trinajstić information content (AvgIpc) is 2.57. The van der Waals surface area contributed by atoms with E-state index >= 15 is 0 Å². The summed E-state index contributed by atoms with van der Waals surface area (Å²) in [4.78, 5) is 19.1. The fraction of sp³-hybridized carbons (Fsp3) is 0.412. The van der Waals surface area contributed by atoms with E-state index in [-0.39, 0.29) is 5.56 Å². The molecule has 1 fully saturated rings. The Hall–Kier alpha value is -1.85. The SMILES string of the molecule is Cn1c(CCc2cccc(Cl)c2)nc(N2CCNCC2)cc1=O. The number of aryl methyl sites for hydroxylation is 2. The molecule has 0 saturated carbocycles. The van der Waals surface area contributed by atoms with Crippen molar-refractivity contribution >= 4 is 17.4 Å². The third-order valence-electron chi connectivity index (χ3n) is 4.18. The van der Waals surface area contributed by atoms with Crippen LogP contribution >= 0.6 is 11.6 Å². The topological polar surface area (TPSA) is 50.2 Å². The lowest BCUT2D eigenvalue weighted by molar-refractivity contribution is 0.580. The van der Waals surface area contributed by atoms with Crippen LogP contribution in [0.25, 0.3) is 0 Å². The van der Waals surface area contributed by atoms with Crippen LogP contribution in [0, 0.1) is 0 Å². The Morgan fingerprint density at radius 2 is 2.00 bits per heavy atom. The van der Waals surface area contributed by atoms with Crippen LogP contribution in [0.1, 0.15) is 11.4 Å². The first-order valence-electron chi connectivity index (χ1n) is 7.90.